The van der Waals surface area contributed by atoms with Crippen LogP contribution in [-0.4, -0.2) is 29.9 Å². The number of benzene rings is 1. The van der Waals surface area contributed by atoms with Crippen molar-refractivity contribution in [3.63, 3.8) is 0 Å². The van der Waals surface area contributed by atoms with E-state index >= 15 is 0 Å². The van der Waals surface area contributed by atoms with Crippen LogP contribution in [0, 0.1) is 12.8 Å². The zero-order chi connectivity index (χ0) is 17.1. The van der Waals surface area contributed by atoms with Crippen molar-refractivity contribution in [1.82, 2.24) is 4.98 Å². The zero-order valence-corrected chi connectivity index (χ0v) is 14.4. The van der Waals surface area contributed by atoms with Gasteiger partial charge in [-0.05, 0) is 26.0 Å². The summed E-state index contributed by atoms with van der Waals surface area (Å²) in [5, 5.41) is 5.24. The van der Waals surface area contributed by atoms with Crippen molar-refractivity contribution in [2.45, 2.75) is 20.3 Å². The molecule has 0 aliphatic carbocycles. The molecule has 7 heteroatoms. The minimum absolute atomic E-state index is 0.0716. The lowest BCUT2D eigenvalue weighted by Crippen LogP contribution is -2.28. The Morgan fingerprint density at radius 1 is 1.46 bits per heavy atom. The molecule has 1 saturated heterocycles. The lowest BCUT2D eigenvalue weighted by atomic mass is 10.1. The van der Waals surface area contributed by atoms with Crippen LogP contribution in [-0.2, 0) is 9.59 Å². The fourth-order valence-corrected chi connectivity index (χ4v) is 3.38. The maximum atomic E-state index is 12.4. The maximum absolute atomic E-state index is 12.4. The monoisotopic (exact) mass is 345 g/mol. The molecule has 1 aromatic carbocycles. The maximum Gasteiger partial charge on any atom is 0.231 e. The molecule has 0 radical (unpaired) electrons. The van der Waals surface area contributed by atoms with Crippen LogP contribution in [0.4, 0.5) is 10.8 Å². The fourth-order valence-electron chi connectivity index (χ4n) is 2.69. The molecule has 1 unspecified atom stereocenters. The molecular formula is C17H19N3O3S. The second kappa shape index (κ2) is 7.00. The Balaban J connectivity index is 1.73. The van der Waals surface area contributed by atoms with Crippen LogP contribution in [0.25, 0.3) is 0 Å². The van der Waals surface area contributed by atoms with Gasteiger partial charge < -0.3 is 15.0 Å². The van der Waals surface area contributed by atoms with Crippen molar-refractivity contribution in [2.24, 2.45) is 5.92 Å². The zero-order valence-electron chi connectivity index (χ0n) is 13.6. The van der Waals surface area contributed by atoms with E-state index in [4.69, 9.17) is 4.74 Å². The normalized spacial score (nSPS) is 17.2. The highest BCUT2D eigenvalue weighted by Crippen LogP contribution is 2.33. The first-order valence-corrected chi connectivity index (χ1v) is 8.71. The topological polar surface area (TPSA) is 71.5 Å². The van der Waals surface area contributed by atoms with Gasteiger partial charge >= 0.3 is 0 Å². The molecule has 2 aromatic rings. The average Bonchev–Trinajstić information content (AvgIpc) is 3.14. The minimum atomic E-state index is -0.392. The van der Waals surface area contributed by atoms with Crippen LogP contribution in [0.1, 0.15) is 19.0 Å². The number of ether oxygens (including phenoxy) is 1. The van der Waals surface area contributed by atoms with Gasteiger partial charge in [-0.3, -0.25) is 9.59 Å². The van der Waals surface area contributed by atoms with Gasteiger partial charge in [0.2, 0.25) is 11.8 Å². The molecule has 0 spiro atoms. The Labute approximate surface area is 144 Å². The number of hydrogen-bond acceptors (Lipinski definition) is 5. The predicted octanol–water partition coefficient (Wildman–Crippen LogP) is 2.84. The average molecular weight is 345 g/mol. The van der Waals surface area contributed by atoms with Crippen molar-refractivity contribution in [2.75, 3.05) is 23.4 Å². The quantitative estimate of drug-likeness (QED) is 0.904. The summed E-state index contributed by atoms with van der Waals surface area (Å²) in [7, 11) is 0. The van der Waals surface area contributed by atoms with Gasteiger partial charge in [-0.1, -0.05) is 12.1 Å². The van der Waals surface area contributed by atoms with Gasteiger partial charge in [-0.25, -0.2) is 4.98 Å². The number of anilines is 2. The standard InChI is InChI=1S/C17H19N3O3S/c1-3-23-14-7-5-4-6-13(14)20-9-12(8-15(20)21)16(22)19-17-18-11(2)10-24-17/h4-7,10,12H,3,8-9H2,1-2H3,(H,18,19,22). The van der Waals surface area contributed by atoms with Gasteiger partial charge in [0.05, 0.1) is 23.9 Å². The molecule has 2 heterocycles. The van der Waals surface area contributed by atoms with Gasteiger partial charge in [-0.15, -0.1) is 11.3 Å². The number of para-hydroxylation sites is 2. The van der Waals surface area contributed by atoms with E-state index in [0.29, 0.717) is 29.7 Å². The molecular weight excluding hydrogens is 326 g/mol. The van der Waals surface area contributed by atoms with Gasteiger partial charge in [0.15, 0.2) is 5.13 Å². The summed E-state index contributed by atoms with van der Waals surface area (Å²) >= 11 is 1.38. The largest absolute Gasteiger partial charge is 0.492 e. The van der Waals surface area contributed by atoms with Crippen LogP contribution >= 0.6 is 11.3 Å². The van der Waals surface area contributed by atoms with E-state index in [9.17, 15) is 9.59 Å². The van der Waals surface area contributed by atoms with Crippen molar-refractivity contribution in [3.8, 4) is 5.75 Å². The van der Waals surface area contributed by atoms with E-state index < -0.39 is 5.92 Å². The summed E-state index contributed by atoms with van der Waals surface area (Å²) in [6.07, 6.45) is 0.191. The SMILES string of the molecule is CCOc1ccccc1N1CC(C(=O)Nc2nc(C)cs2)CC1=O. The summed E-state index contributed by atoms with van der Waals surface area (Å²) in [4.78, 5) is 30.6. The molecule has 1 fully saturated rings. The van der Waals surface area contributed by atoms with Crippen LogP contribution in [0.2, 0.25) is 0 Å². The number of rotatable bonds is 5. The summed E-state index contributed by atoms with van der Waals surface area (Å²) < 4.78 is 5.59. The third kappa shape index (κ3) is 3.41. The first kappa shape index (κ1) is 16.4. The third-order valence-electron chi connectivity index (χ3n) is 3.80. The molecule has 0 bridgehead atoms. The molecule has 1 aliphatic rings. The van der Waals surface area contributed by atoms with E-state index in [1.807, 2.05) is 43.5 Å². The van der Waals surface area contributed by atoms with E-state index in [2.05, 4.69) is 10.3 Å². The predicted molar refractivity (Wildman–Crippen MR) is 93.6 cm³/mol. The number of amides is 2. The number of thiazole rings is 1. The number of aryl methyl sites for hydroxylation is 1. The number of nitrogens with one attached hydrogen (secondary N) is 1. The molecule has 1 aromatic heterocycles. The van der Waals surface area contributed by atoms with E-state index in [0.717, 1.165) is 5.69 Å². The van der Waals surface area contributed by atoms with Gasteiger partial charge in [0, 0.05) is 18.3 Å². The molecule has 3 rings (SSSR count). The van der Waals surface area contributed by atoms with Gasteiger partial charge in [0.25, 0.3) is 0 Å². The van der Waals surface area contributed by atoms with Crippen LogP contribution in [0.5, 0.6) is 5.75 Å². The molecule has 2 amide bonds. The minimum Gasteiger partial charge on any atom is -0.492 e. The van der Waals surface area contributed by atoms with Crippen LogP contribution in [0.3, 0.4) is 0 Å². The Morgan fingerprint density at radius 3 is 2.96 bits per heavy atom. The summed E-state index contributed by atoms with van der Waals surface area (Å²) in [6, 6.07) is 7.39. The van der Waals surface area contributed by atoms with E-state index in [1.165, 1.54) is 11.3 Å². The molecule has 24 heavy (non-hydrogen) atoms. The van der Waals surface area contributed by atoms with Gasteiger partial charge in [-0.2, -0.15) is 0 Å². The highest BCUT2D eigenvalue weighted by Gasteiger charge is 2.36. The Kier molecular flexibility index (Phi) is 4.80. The molecule has 0 saturated carbocycles. The van der Waals surface area contributed by atoms with E-state index in [1.54, 1.807) is 4.90 Å². The second-order valence-electron chi connectivity index (χ2n) is 5.59. The Bertz CT molecular complexity index is 759. The Hall–Kier alpha value is -2.41. The lowest BCUT2D eigenvalue weighted by molar-refractivity contribution is -0.122. The molecule has 1 atom stereocenters. The molecule has 126 valence electrons. The van der Waals surface area contributed by atoms with Crippen molar-refractivity contribution >= 4 is 34.0 Å². The fraction of sp³-hybridized carbons (Fsp3) is 0.353. The lowest BCUT2D eigenvalue weighted by Gasteiger charge is -2.20. The highest BCUT2D eigenvalue weighted by atomic mass is 32.1. The molecule has 1 N–H and O–H groups in total. The van der Waals surface area contributed by atoms with Crippen molar-refractivity contribution in [1.29, 1.82) is 0 Å². The summed E-state index contributed by atoms with van der Waals surface area (Å²) in [6.45, 7) is 4.64. The second-order valence-corrected chi connectivity index (χ2v) is 6.45. The Morgan fingerprint density at radius 2 is 2.25 bits per heavy atom. The molecule has 1 aliphatic heterocycles. The third-order valence-corrected chi connectivity index (χ3v) is 4.68. The van der Waals surface area contributed by atoms with Crippen LogP contribution < -0.4 is 15.0 Å². The first-order chi connectivity index (χ1) is 11.6. The molecule has 6 nitrogen and oxygen atoms in total. The smallest absolute Gasteiger partial charge is 0.231 e. The summed E-state index contributed by atoms with van der Waals surface area (Å²) in [5.41, 5.74) is 1.58. The van der Waals surface area contributed by atoms with Crippen molar-refractivity contribution < 1.29 is 14.3 Å². The number of aromatic nitrogens is 1. The number of nitrogens with zero attached hydrogens (tertiary/aromatic N) is 2. The number of carbonyl (C=O) groups excluding carboxylic acids is 2. The first-order valence-electron chi connectivity index (χ1n) is 7.83. The highest BCUT2D eigenvalue weighted by molar-refractivity contribution is 7.13. The van der Waals surface area contributed by atoms with Gasteiger partial charge in [0.1, 0.15) is 5.75 Å². The number of carbonyl (C=O) groups is 2. The summed E-state index contributed by atoms with van der Waals surface area (Å²) in [5.74, 6) is 0.0214. The van der Waals surface area contributed by atoms with Crippen LogP contribution in [0.15, 0.2) is 29.6 Å². The van der Waals surface area contributed by atoms with E-state index in [-0.39, 0.29) is 18.2 Å². The number of hydrogen-bond donors (Lipinski definition) is 1. The van der Waals surface area contributed by atoms with Crippen molar-refractivity contribution in [3.05, 3.63) is 35.3 Å².